The van der Waals surface area contributed by atoms with Crippen LogP contribution in [-0.4, -0.2) is 15.1 Å². The Morgan fingerprint density at radius 3 is 2.19 bits per heavy atom. The molecule has 0 amide bonds. The summed E-state index contributed by atoms with van der Waals surface area (Å²) in [5, 5.41) is 3.69. The lowest BCUT2D eigenvalue weighted by Gasteiger charge is -2.26. The molecule has 2 aromatic heterocycles. The topological polar surface area (TPSA) is 61.0 Å². The van der Waals surface area contributed by atoms with E-state index in [1.165, 1.54) is 22.9 Å². The van der Waals surface area contributed by atoms with Crippen LogP contribution in [0.25, 0.3) is 11.6 Å². The Morgan fingerprint density at radius 2 is 1.58 bits per heavy atom. The van der Waals surface area contributed by atoms with Gasteiger partial charge >= 0.3 is 0 Å². The number of aromatic nitrogens is 3. The third kappa shape index (κ3) is 4.33. The normalized spacial score (nSPS) is 11.5. The Labute approximate surface area is 180 Å². The first-order chi connectivity index (χ1) is 14.8. The van der Waals surface area contributed by atoms with Gasteiger partial charge in [0.15, 0.2) is 17.3 Å². The number of benzene rings is 2. The maximum atomic E-state index is 14.8. The molecule has 0 bridgehead atoms. The number of nitrogens with zero attached hydrogens (tertiary/aromatic N) is 3. The molecule has 0 saturated carbocycles. The molecule has 158 valence electrons. The summed E-state index contributed by atoms with van der Waals surface area (Å²) in [5.41, 5.74) is 3.91. The summed E-state index contributed by atoms with van der Waals surface area (Å²) in [7, 11) is 0. The largest absolute Gasteiger partial charge is 0.489 e. The minimum atomic E-state index is -0.525. The van der Waals surface area contributed by atoms with E-state index in [4.69, 9.17) is 9.26 Å². The molecule has 0 N–H and O–H groups in total. The zero-order valence-electron chi connectivity index (χ0n) is 18.0. The molecule has 4 aromatic rings. The molecule has 0 saturated heterocycles. The summed E-state index contributed by atoms with van der Waals surface area (Å²) in [6.07, 6.45) is 1.50. The Morgan fingerprint density at radius 1 is 0.935 bits per heavy atom. The third-order valence-electron chi connectivity index (χ3n) is 5.44. The van der Waals surface area contributed by atoms with Crippen molar-refractivity contribution in [1.29, 1.82) is 0 Å². The molecule has 2 heterocycles. The van der Waals surface area contributed by atoms with Crippen molar-refractivity contribution in [2.45, 2.75) is 39.7 Å². The zero-order valence-corrected chi connectivity index (χ0v) is 18.0. The van der Waals surface area contributed by atoms with Crippen molar-refractivity contribution in [2.24, 2.45) is 0 Å². The minimum Gasteiger partial charge on any atom is -0.489 e. The van der Waals surface area contributed by atoms with Crippen molar-refractivity contribution >= 4 is 0 Å². The van der Waals surface area contributed by atoms with Crippen molar-refractivity contribution < 1.29 is 13.7 Å². The fourth-order valence-corrected chi connectivity index (χ4v) is 3.40. The van der Waals surface area contributed by atoms with Gasteiger partial charge in [0.25, 0.3) is 5.89 Å². The Bertz CT molecular complexity index is 1180. The van der Waals surface area contributed by atoms with Gasteiger partial charge in [0.2, 0.25) is 0 Å². The van der Waals surface area contributed by atoms with E-state index < -0.39 is 5.82 Å². The number of ether oxygens (including phenoxy) is 1. The predicted octanol–water partition coefficient (Wildman–Crippen LogP) is 5.79. The van der Waals surface area contributed by atoms with Gasteiger partial charge in [-0.3, -0.25) is 0 Å². The molecule has 5 nitrogen and oxygen atoms in total. The SMILES string of the molecule is Cc1ccc(C(C)(C)c2ccc(OCc3ccnc(-c4nc(C)no4)c3F)cc2)cc1. The van der Waals surface area contributed by atoms with Crippen molar-refractivity contribution in [3.05, 3.63) is 94.7 Å². The summed E-state index contributed by atoms with van der Waals surface area (Å²) in [6, 6.07) is 18.1. The maximum absolute atomic E-state index is 14.8. The van der Waals surface area contributed by atoms with Gasteiger partial charge in [-0.15, -0.1) is 0 Å². The number of hydrogen-bond donors (Lipinski definition) is 0. The van der Waals surface area contributed by atoms with Gasteiger partial charge in [0, 0.05) is 17.2 Å². The van der Waals surface area contributed by atoms with E-state index in [0.717, 1.165) is 0 Å². The predicted molar refractivity (Wildman–Crippen MR) is 116 cm³/mol. The second kappa shape index (κ2) is 8.30. The molecule has 0 aliphatic carbocycles. The fraction of sp³-hybridized carbons (Fsp3) is 0.240. The maximum Gasteiger partial charge on any atom is 0.279 e. The number of aryl methyl sites for hydroxylation is 2. The van der Waals surface area contributed by atoms with E-state index in [1.807, 2.05) is 24.3 Å². The Balaban J connectivity index is 1.48. The summed E-state index contributed by atoms with van der Waals surface area (Å²) in [6.45, 7) is 8.21. The van der Waals surface area contributed by atoms with Crippen LogP contribution < -0.4 is 4.74 Å². The number of pyridine rings is 1. The molecule has 0 radical (unpaired) electrons. The van der Waals surface area contributed by atoms with Crippen LogP contribution in [0.15, 0.2) is 65.3 Å². The molecule has 0 fully saturated rings. The molecular weight excluding hydrogens is 393 g/mol. The zero-order chi connectivity index (χ0) is 22.0. The molecule has 0 atom stereocenters. The first kappa shape index (κ1) is 20.7. The van der Waals surface area contributed by atoms with E-state index in [9.17, 15) is 4.39 Å². The van der Waals surface area contributed by atoms with E-state index in [1.54, 1.807) is 13.0 Å². The summed E-state index contributed by atoms with van der Waals surface area (Å²) in [5.74, 6) is 0.615. The van der Waals surface area contributed by atoms with Gasteiger partial charge in [-0.05, 0) is 43.2 Å². The molecule has 0 aliphatic rings. The minimum absolute atomic E-state index is 0.0249. The number of hydrogen-bond acceptors (Lipinski definition) is 5. The summed E-state index contributed by atoms with van der Waals surface area (Å²) >= 11 is 0. The lowest BCUT2D eigenvalue weighted by Crippen LogP contribution is -2.18. The van der Waals surface area contributed by atoms with Crippen LogP contribution in [0.5, 0.6) is 5.75 Å². The molecule has 0 unspecified atom stereocenters. The fourth-order valence-electron chi connectivity index (χ4n) is 3.40. The van der Waals surface area contributed by atoms with Crippen molar-refractivity contribution in [1.82, 2.24) is 15.1 Å². The Hall–Kier alpha value is -3.54. The number of halogens is 1. The van der Waals surface area contributed by atoms with Crippen LogP contribution in [-0.2, 0) is 12.0 Å². The molecule has 4 rings (SSSR count). The van der Waals surface area contributed by atoms with Crippen molar-refractivity contribution in [3.63, 3.8) is 0 Å². The second-order valence-electron chi connectivity index (χ2n) is 8.08. The van der Waals surface area contributed by atoms with E-state index in [-0.39, 0.29) is 23.6 Å². The van der Waals surface area contributed by atoms with Gasteiger partial charge in [-0.2, -0.15) is 4.98 Å². The van der Waals surface area contributed by atoms with Crippen molar-refractivity contribution in [3.8, 4) is 17.3 Å². The number of rotatable bonds is 6. The van der Waals surface area contributed by atoms with Crippen LogP contribution in [0.2, 0.25) is 0 Å². The lowest BCUT2D eigenvalue weighted by molar-refractivity contribution is 0.299. The first-order valence-electron chi connectivity index (χ1n) is 10.1. The highest BCUT2D eigenvalue weighted by Gasteiger charge is 2.23. The van der Waals surface area contributed by atoms with Crippen LogP contribution in [0, 0.1) is 19.7 Å². The van der Waals surface area contributed by atoms with E-state index >= 15 is 0 Å². The first-order valence-corrected chi connectivity index (χ1v) is 10.1. The van der Waals surface area contributed by atoms with Gasteiger partial charge in [-0.25, -0.2) is 9.37 Å². The van der Waals surface area contributed by atoms with Crippen LogP contribution in [0.3, 0.4) is 0 Å². The lowest BCUT2D eigenvalue weighted by atomic mass is 9.78. The van der Waals surface area contributed by atoms with Crippen molar-refractivity contribution in [2.75, 3.05) is 0 Å². The quantitative estimate of drug-likeness (QED) is 0.397. The van der Waals surface area contributed by atoms with Crippen LogP contribution in [0.1, 0.15) is 41.9 Å². The highest BCUT2D eigenvalue weighted by atomic mass is 19.1. The smallest absolute Gasteiger partial charge is 0.279 e. The molecule has 2 aromatic carbocycles. The van der Waals surface area contributed by atoms with E-state index in [0.29, 0.717) is 17.1 Å². The van der Waals surface area contributed by atoms with E-state index in [2.05, 4.69) is 60.2 Å². The average molecular weight is 417 g/mol. The van der Waals surface area contributed by atoms with Gasteiger partial charge in [-0.1, -0.05) is 61.0 Å². The third-order valence-corrected chi connectivity index (χ3v) is 5.44. The standard InChI is InChI=1S/C25H24FN3O2/c1-16-5-7-19(8-6-16)25(3,4)20-9-11-21(12-10-20)30-15-18-13-14-27-23(22(18)26)24-28-17(2)29-31-24/h5-14H,15H2,1-4H3. The van der Waals surface area contributed by atoms with Gasteiger partial charge in [0.1, 0.15) is 12.4 Å². The molecule has 31 heavy (non-hydrogen) atoms. The monoisotopic (exact) mass is 417 g/mol. The van der Waals surface area contributed by atoms with Crippen LogP contribution in [0.4, 0.5) is 4.39 Å². The van der Waals surface area contributed by atoms with Gasteiger partial charge in [0.05, 0.1) is 0 Å². The van der Waals surface area contributed by atoms with Crippen LogP contribution >= 0.6 is 0 Å². The molecule has 0 spiro atoms. The highest BCUT2D eigenvalue weighted by molar-refractivity contribution is 5.49. The molecular formula is C25H24FN3O2. The average Bonchev–Trinajstić information content (AvgIpc) is 3.19. The highest BCUT2D eigenvalue weighted by Crippen LogP contribution is 2.32. The van der Waals surface area contributed by atoms with Gasteiger partial charge < -0.3 is 9.26 Å². The molecule has 6 heteroatoms. The summed E-state index contributed by atoms with van der Waals surface area (Å²) in [4.78, 5) is 8.07. The Kier molecular flexibility index (Phi) is 5.55. The second-order valence-corrected chi connectivity index (χ2v) is 8.08. The molecule has 0 aliphatic heterocycles. The summed E-state index contributed by atoms with van der Waals surface area (Å²) < 4.78 is 25.7.